The number of halogens is 4. The smallest absolute Gasteiger partial charge is 0.383 e. The third-order valence-corrected chi connectivity index (χ3v) is 2.10. The highest BCUT2D eigenvalue weighted by molar-refractivity contribution is 5.47. The van der Waals surface area contributed by atoms with E-state index in [1.165, 1.54) is 13.2 Å². The molecule has 1 aromatic carbocycles. The Morgan fingerprint density at radius 2 is 2.00 bits per heavy atom. The number of methoxy groups -OCH3 is 1. The molecule has 0 amide bonds. The van der Waals surface area contributed by atoms with Gasteiger partial charge in [0.2, 0.25) is 0 Å². The summed E-state index contributed by atoms with van der Waals surface area (Å²) in [5.41, 5.74) is -1.06. The van der Waals surface area contributed by atoms with Crippen LogP contribution in [0.25, 0.3) is 0 Å². The van der Waals surface area contributed by atoms with E-state index in [1.807, 2.05) is 0 Å². The van der Waals surface area contributed by atoms with Crippen LogP contribution in [-0.2, 0) is 10.9 Å². The van der Waals surface area contributed by atoms with Gasteiger partial charge in [0.25, 0.3) is 0 Å². The maximum Gasteiger partial charge on any atom is 0.419 e. The molecule has 17 heavy (non-hydrogen) atoms. The summed E-state index contributed by atoms with van der Waals surface area (Å²) < 4.78 is 55.1. The summed E-state index contributed by atoms with van der Waals surface area (Å²) in [4.78, 5) is 0. The Morgan fingerprint density at radius 3 is 2.53 bits per heavy atom. The fraction of sp³-hybridized carbons (Fsp3) is 0.455. The monoisotopic (exact) mass is 251 g/mol. The van der Waals surface area contributed by atoms with Crippen molar-refractivity contribution >= 4 is 5.69 Å². The number of nitrogens with one attached hydrogen (secondary N) is 1. The molecule has 0 spiro atoms. The molecule has 0 aromatic heterocycles. The number of ether oxygens (including phenoxy) is 1. The molecule has 0 saturated carbocycles. The summed E-state index contributed by atoms with van der Waals surface area (Å²) >= 11 is 0. The van der Waals surface area contributed by atoms with E-state index in [1.54, 1.807) is 6.92 Å². The summed E-state index contributed by atoms with van der Waals surface area (Å²) in [6, 6.07) is 2.65. The number of rotatable bonds is 4. The van der Waals surface area contributed by atoms with Crippen molar-refractivity contribution in [1.29, 1.82) is 0 Å². The molecule has 0 saturated heterocycles. The van der Waals surface area contributed by atoms with Crippen LogP contribution in [0.2, 0.25) is 0 Å². The van der Waals surface area contributed by atoms with Gasteiger partial charge in [-0.15, -0.1) is 0 Å². The van der Waals surface area contributed by atoms with Crippen LogP contribution in [0.15, 0.2) is 18.2 Å². The average molecular weight is 251 g/mol. The van der Waals surface area contributed by atoms with Gasteiger partial charge in [-0.1, -0.05) is 0 Å². The van der Waals surface area contributed by atoms with Crippen molar-refractivity contribution in [2.75, 3.05) is 19.0 Å². The first-order valence-electron chi connectivity index (χ1n) is 4.97. The van der Waals surface area contributed by atoms with Gasteiger partial charge in [0, 0.05) is 18.8 Å². The van der Waals surface area contributed by atoms with Gasteiger partial charge in [-0.3, -0.25) is 0 Å². The maximum atomic E-state index is 13.0. The van der Waals surface area contributed by atoms with E-state index in [9.17, 15) is 17.6 Å². The largest absolute Gasteiger partial charge is 0.419 e. The quantitative estimate of drug-likeness (QED) is 0.829. The zero-order valence-electron chi connectivity index (χ0n) is 9.44. The van der Waals surface area contributed by atoms with E-state index < -0.39 is 17.6 Å². The second-order valence-corrected chi connectivity index (χ2v) is 3.69. The van der Waals surface area contributed by atoms with E-state index in [0.717, 1.165) is 12.1 Å². The highest BCUT2D eigenvalue weighted by Crippen LogP contribution is 2.33. The molecule has 0 aliphatic rings. The van der Waals surface area contributed by atoms with Gasteiger partial charge in [-0.2, -0.15) is 13.2 Å². The Balaban J connectivity index is 2.89. The van der Waals surface area contributed by atoms with Crippen molar-refractivity contribution in [1.82, 2.24) is 0 Å². The van der Waals surface area contributed by atoms with Crippen molar-refractivity contribution in [3.05, 3.63) is 29.6 Å². The Morgan fingerprint density at radius 1 is 1.35 bits per heavy atom. The van der Waals surface area contributed by atoms with E-state index in [0.29, 0.717) is 6.61 Å². The fourth-order valence-corrected chi connectivity index (χ4v) is 1.41. The van der Waals surface area contributed by atoms with Gasteiger partial charge in [-0.25, -0.2) is 4.39 Å². The summed E-state index contributed by atoms with van der Waals surface area (Å²) in [7, 11) is 1.49. The first kappa shape index (κ1) is 13.8. The minimum atomic E-state index is -4.69. The lowest BCUT2D eigenvalue weighted by Crippen LogP contribution is -2.21. The molecule has 0 fully saturated rings. The minimum Gasteiger partial charge on any atom is -0.383 e. The third kappa shape index (κ3) is 3.89. The third-order valence-electron chi connectivity index (χ3n) is 2.10. The number of alkyl halides is 3. The van der Waals surface area contributed by atoms with Crippen LogP contribution in [0.5, 0.6) is 0 Å². The van der Waals surface area contributed by atoms with E-state index >= 15 is 0 Å². The Hall–Kier alpha value is -1.30. The van der Waals surface area contributed by atoms with Gasteiger partial charge < -0.3 is 10.1 Å². The van der Waals surface area contributed by atoms with Crippen molar-refractivity contribution in [2.45, 2.75) is 19.1 Å². The predicted octanol–water partition coefficient (Wildman–Crippen LogP) is 3.29. The molecule has 6 heteroatoms. The summed E-state index contributed by atoms with van der Waals surface area (Å²) in [5.74, 6) is -1.28. The van der Waals surface area contributed by atoms with Gasteiger partial charge >= 0.3 is 6.18 Å². The lowest BCUT2D eigenvalue weighted by molar-refractivity contribution is -0.139. The van der Waals surface area contributed by atoms with Crippen molar-refractivity contribution in [3.8, 4) is 0 Å². The Bertz CT molecular complexity index is 378. The minimum absolute atomic E-state index is 0.161. The summed E-state index contributed by atoms with van der Waals surface area (Å²) in [6.07, 6.45) is -4.69. The lowest BCUT2D eigenvalue weighted by Gasteiger charge is -2.16. The highest BCUT2D eigenvalue weighted by atomic mass is 19.4. The molecule has 0 heterocycles. The SMILES string of the molecule is COCC(C)Nc1ccc(F)c(C(F)(F)F)c1. The zero-order chi connectivity index (χ0) is 13.1. The average Bonchev–Trinajstić information content (AvgIpc) is 2.19. The van der Waals surface area contributed by atoms with Crippen LogP contribution >= 0.6 is 0 Å². The predicted molar refractivity (Wildman–Crippen MR) is 56.4 cm³/mol. The summed E-state index contributed by atoms with van der Waals surface area (Å²) in [6.45, 7) is 2.10. The van der Waals surface area contributed by atoms with Crippen molar-refractivity contribution < 1.29 is 22.3 Å². The van der Waals surface area contributed by atoms with Crippen LogP contribution in [0, 0.1) is 5.82 Å². The van der Waals surface area contributed by atoms with Crippen LogP contribution in [0.4, 0.5) is 23.2 Å². The van der Waals surface area contributed by atoms with E-state index in [4.69, 9.17) is 4.74 Å². The topological polar surface area (TPSA) is 21.3 Å². The second kappa shape index (κ2) is 5.35. The van der Waals surface area contributed by atoms with E-state index in [2.05, 4.69) is 5.32 Å². The standard InChI is InChI=1S/C11H13F4NO/c1-7(6-17-2)16-8-3-4-10(12)9(5-8)11(13,14)15/h3-5,7,16H,6H2,1-2H3. The second-order valence-electron chi connectivity index (χ2n) is 3.69. The van der Waals surface area contributed by atoms with Crippen LogP contribution < -0.4 is 5.32 Å². The lowest BCUT2D eigenvalue weighted by atomic mass is 10.1. The highest BCUT2D eigenvalue weighted by Gasteiger charge is 2.34. The van der Waals surface area contributed by atoms with Crippen molar-refractivity contribution in [2.24, 2.45) is 0 Å². The van der Waals surface area contributed by atoms with Gasteiger partial charge in [-0.05, 0) is 25.1 Å². The molecule has 1 aromatic rings. The number of anilines is 1. The van der Waals surface area contributed by atoms with E-state index in [-0.39, 0.29) is 11.7 Å². The first-order valence-corrected chi connectivity index (χ1v) is 4.97. The number of hydrogen-bond acceptors (Lipinski definition) is 2. The normalized spacial score (nSPS) is 13.5. The summed E-state index contributed by atoms with van der Waals surface area (Å²) in [5, 5.41) is 2.79. The Labute approximate surface area is 96.6 Å². The van der Waals surface area contributed by atoms with Crippen LogP contribution in [0.3, 0.4) is 0 Å². The van der Waals surface area contributed by atoms with Crippen LogP contribution in [0.1, 0.15) is 12.5 Å². The molecule has 0 aliphatic carbocycles. The first-order chi connectivity index (χ1) is 7.84. The molecular weight excluding hydrogens is 238 g/mol. The molecule has 1 atom stereocenters. The molecule has 1 unspecified atom stereocenters. The molecular formula is C11H13F4NO. The maximum absolute atomic E-state index is 13.0. The zero-order valence-corrected chi connectivity index (χ0v) is 9.44. The molecule has 0 bridgehead atoms. The molecule has 96 valence electrons. The van der Waals surface area contributed by atoms with Gasteiger partial charge in [0.1, 0.15) is 5.82 Å². The number of hydrogen-bond donors (Lipinski definition) is 1. The van der Waals surface area contributed by atoms with Gasteiger partial charge in [0.05, 0.1) is 12.2 Å². The Kier molecular flexibility index (Phi) is 4.34. The molecule has 0 aliphatic heterocycles. The molecule has 0 radical (unpaired) electrons. The molecule has 1 rings (SSSR count). The van der Waals surface area contributed by atoms with Crippen molar-refractivity contribution in [3.63, 3.8) is 0 Å². The van der Waals surface area contributed by atoms with Crippen LogP contribution in [-0.4, -0.2) is 19.8 Å². The molecule has 1 N–H and O–H groups in total. The number of benzene rings is 1. The van der Waals surface area contributed by atoms with Gasteiger partial charge in [0.15, 0.2) is 0 Å². The fourth-order valence-electron chi connectivity index (χ4n) is 1.41. The molecule has 2 nitrogen and oxygen atoms in total.